The zero-order chi connectivity index (χ0) is 16.2. The molecular formula is C15H21N3O4. The van der Waals surface area contributed by atoms with E-state index in [2.05, 4.69) is 5.32 Å². The van der Waals surface area contributed by atoms with Gasteiger partial charge in [-0.3, -0.25) is 4.79 Å². The summed E-state index contributed by atoms with van der Waals surface area (Å²) in [6.45, 7) is 1.31. The molecule has 1 atom stereocenters. The quantitative estimate of drug-likeness (QED) is 0.770. The summed E-state index contributed by atoms with van der Waals surface area (Å²) in [6, 6.07) is 8.97. The van der Waals surface area contributed by atoms with E-state index in [4.69, 9.17) is 4.74 Å². The highest BCUT2D eigenvalue weighted by atomic mass is 16.7. The topological polar surface area (TPSA) is 82.1 Å². The first-order valence-corrected chi connectivity index (χ1v) is 7.13. The minimum atomic E-state index is -2.10. The van der Waals surface area contributed by atoms with Crippen LogP contribution in [0.3, 0.4) is 0 Å². The number of nitrogens with one attached hydrogen (secondary N) is 1. The molecule has 1 saturated heterocycles. The number of para-hydroxylation sites is 1. The third-order valence-corrected chi connectivity index (χ3v) is 3.41. The average molecular weight is 307 g/mol. The van der Waals surface area contributed by atoms with Crippen LogP contribution in [0.15, 0.2) is 30.3 Å². The predicted molar refractivity (Wildman–Crippen MR) is 81.4 cm³/mol. The first kappa shape index (κ1) is 16.3. The minimum absolute atomic E-state index is 0.0435. The van der Waals surface area contributed by atoms with E-state index in [1.165, 1.54) is 4.90 Å². The van der Waals surface area contributed by atoms with E-state index in [0.717, 1.165) is 0 Å². The van der Waals surface area contributed by atoms with E-state index in [-0.39, 0.29) is 6.42 Å². The third-order valence-electron chi connectivity index (χ3n) is 3.41. The number of hydrogen-bond acceptors (Lipinski definition) is 5. The van der Waals surface area contributed by atoms with Crippen molar-refractivity contribution in [3.8, 4) is 0 Å². The fourth-order valence-corrected chi connectivity index (χ4v) is 2.20. The van der Waals surface area contributed by atoms with Gasteiger partial charge in [-0.2, -0.15) is 0 Å². The second-order valence-electron chi connectivity index (χ2n) is 5.45. The number of likely N-dealkylation sites (N-methyl/N-ethyl adjacent to an activating group) is 1. The van der Waals surface area contributed by atoms with E-state index in [1.54, 1.807) is 24.3 Å². The van der Waals surface area contributed by atoms with Crippen molar-refractivity contribution in [3.63, 3.8) is 0 Å². The second-order valence-corrected chi connectivity index (χ2v) is 5.45. The van der Waals surface area contributed by atoms with Gasteiger partial charge in [-0.1, -0.05) is 18.2 Å². The van der Waals surface area contributed by atoms with Gasteiger partial charge in [0.1, 0.15) is 0 Å². The van der Waals surface area contributed by atoms with Gasteiger partial charge >= 0.3 is 6.09 Å². The van der Waals surface area contributed by atoms with E-state index in [0.29, 0.717) is 25.3 Å². The van der Waals surface area contributed by atoms with Crippen molar-refractivity contribution in [2.24, 2.45) is 0 Å². The van der Waals surface area contributed by atoms with Crippen LogP contribution < -0.4 is 10.2 Å². The number of hydrogen-bond donors (Lipinski definition) is 2. The number of nitrogens with zero attached hydrogens (tertiary/aromatic N) is 2. The van der Waals surface area contributed by atoms with Crippen LogP contribution in [0, 0.1) is 0 Å². The van der Waals surface area contributed by atoms with Gasteiger partial charge in [0.15, 0.2) is 0 Å². The maximum Gasteiger partial charge on any atom is 0.410 e. The molecule has 2 rings (SSSR count). The second kappa shape index (κ2) is 6.76. The summed E-state index contributed by atoms with van der Waals surface area (Å²) < 4.78 is 4.94. The van der Waals surface area contributed by atoms with Gasteiger partial charge < -0.3 is 25.0 Å². The molecule has 0 aliphatic carbocycles. The Morgan fingerprint density at radius 1 is 1.41 bits per heavy atom. The number of amides is 2. The molecule has 2 amide bonds. The van der Waals surface area contributed by atoms with E-state index in [1.807, 2.05) is 25.1 Å². The van der Waals surface area contributed by atoms with Crippen molar-refractivity contribution < 1.29 is 19.4 Å². The normalized spacial score (nSPS) is 21.3. The van der Waals surface area contributed by atoms with E-state index >= 15 is 0 Å². The molecule has 120 valence electrons. The summed E-state index contributed by atoms with van der Waals surface area (Å²) in [5.41, 5.74) is 0.667. The van der Waals surface area contributed by atoms with Gasteiger partial charge in [-0.25, -0.2) is 4.79 Å². The fraction of sp³-hybridized carbons (Fsp3) is 0.467. The molecule has 7 heteroatoms. The Kier molecular flexibility index (Phi) is 4.99. The number of alkyl carbamates (subject to hydrolysis) is 1. The van der Waals surface area contributed by atoms with Gasteiger partial charge in [0.2, 0.25) is 0 Å². The van der Waals surface area contributed by atoms with Gasteiger partial charge in [-0.05, 0) is 26.2 Å². The molecule has 7 nitrogen and oxygen atoms in total. The molecular weight excluding hydrogens is 286 g/mol. The molecule has 22 heavy (non-hydrogen) atoms. The van der Waals surface area contributed by atoms with Gasteiger partial charge in [0, 0.05) is 31.7 Å². The smallest absolute Gasteiger partial charge is 0.407 e. The highest BCUT2D eigenvalue weighted by Gasteiger charge is 2.49. The van der Waals surface area contributed by atoms with Crippen LogP contribution in [-0.2, 0) is 9.53 Å². The first-order valence-electron chi connectivity index (χ1n) is 7.13. The van der Waals surface area contributed by atoms with Crippen LogP contribution in [0.4, 0.5) is 10.5 Å². The lowest BCUT2D eigenvalue weighted by Crippen LogP contribution is -2.46. The lowest BCUT2D eigenvalue weighted by atomic mass is 10.2. The van der Waals surface area contributed by atoms with Crippen molar-refractivity contribution >= 4 is 17.7 Å². The predicted octanol–water partition coefficient (Wildman–Crippen LogP) is 0.400. The number of benzene rings is 1. The molecule has 0 bridgehead atoms. The largest absolute Gasteiger partial charge is 0.410 e. The number of aliphatic hydroxyl groups is 1. The summed E-state index contributed by atoms with van der Waals surface area (Å²) in [5, 5.41) is 12.8. The number of carbonyl (C=O) groups is 2. The van der Waals surface area contributed by atoms with Gasteiger partial charge in [-0.15, -0.1) is 0 Å². The van der Waals surface area contributed by atoms with Crippen molar-refractivity contribution in [1.29, 1.82) is 0 Å². The lowest BCUT2D eigenvalue weighted by molar-refractivity contribution is -0.175. The molecule has 1 aliphatic heterocycles. The summed E-state index contributed by atoms with van der Waals surface area (Å²) in [6.07, 6.45) is -0.755. The van der Waals surface area contributed by atoms with Crippen molar-refractivity contribution in [3.05, 3.63) is 30.3 Å². The molecule has 0 aromatic heterocycles. The molecule has 0 saturated carbocycles. The average Bonchev–Trinajstić information content (AvgIpc) is 2.75. The Labute approximate surface area is 129 Å². The molecule has 0 unspecified atom stereocenters. The number of rotatable bonds is 5. The lowest BCUT2D eigenvalue weighted by Gasteiger charge is -2.22. The molecule has 1 aliphatic rings. The summed E-state index contributed by atoms with van der Waals surface area (Å²) in [4.78, 5) is 27.3. The molecule has 1 aromatic rings. The SMILES string of the molecule is CN(C)CCNC(=O)O[C@@]1(O)CCN(c2ccccc2)C1=O. The molecule has 1 fully saturated rings. The van der Waals surface area contributed by atoms with E-state index < -0.39 is 17.8 Å². The Bertz CT molecular complexity index is 535. The third kappa shape index (κ3) is 3.75. The van der Waals surface area contributed by atoms with Crippen molar-refractivity contribution in [1.82, 2.24) is 10.2 Å². The summed E-state index contributed by atoms with van der Waals surface area (Å²) >= 11 is 0. The number of ether oxygens (including phenoxy) is 1. The van der Waals surface area contributed by atoms with Crippen molar-refractivity contribution in [2.45, 2.75) is 12.2 Å². The first-order chi connectivity index (χ1) is 10.4. The molecule has 1 aromatic carbocycles. The van der Waals surface area contributed by atoms with Crippen LogP contribution in [-0.4, -0.2) is 61.5 Å². The van der Waals surface area contributed by atoms with Crippen molar-refractivity contribution in [2.75, 3.05) is 38.6 Å². The Morgan fingerprint density at radius 2 is 2.09 bits per heavy atom. The van der Waals surface area contributed by atoms with Crippen LogP contribution in [0.2, 0.25) is 0 Å². The Hall–Kier alpha value is -2.12. The van der Waals surface area contributed by atoms with E-state index in [9.17, 15) is 14.7 Å². The zero-order valence-electron chi connectivity index (χ0n) is 12.8. The number of anilines is 1. The van der Waals surface area contributed by atoms with Crippen LogP contribution in [0.25, 0.3) is 0 Å². The van der Waals surface area contributed by atoms with Gasteiger partial charge in [0.05, 0.1) is 0 Å². The Morgan fingerprint density at radius 3 is 2.73 bits per heavy atom. The Balaban J connectivity index is 1.94. The maximum atomic E-state index is 12.3. The van der Waals surface area contributed by atoms with Crippen LogP contribution in [0.1, 0.15) is 6.42 Å². The number of carbonyl (C=O) groups excluding carboxylic acids is 2. The van der Waals surface area contributed by atoms with Crippen LogP contribution in [0.5, 0.6) is 0 Å². The highest BCUT2D eigenvalue weighted by Crippen LogP contribution is 2.29. The summed E-state index contributed by atoms with van der Waals surface area (Å²) in [7, 11) is 3.75. The molecule has 2 N–H and O–H groups in total. The molecule has 1 heterocycles. The van der Waals surface area contributed by atoms with Gasteiger partial charge in [0.25, 0.3) is 11.7 Å². The zero-order valence-corrected chi connectivity index (χ0v) is 12.8. The highest BCUT2D eigenvalue weighted by molar-refractivity contribution is 6.01. The molecule has 0 radical (unpaired) electrons. The standard InChI is InChI=1S/C15H21N3O4/c1-17(2)11-9-16-14(20)22-15(21)8-10-18(13(15)19)12-6-4-3-5-7-12/h3-7,21H,8-11H2,1-2H3,(H,16,20)/t15-/m0/s1. The monoisotopic (exact) mass is 307 g/mol. The van der Waals surface area contributed by atoms with Crippen LogP contribution >= 0.6 is 0 Å². The minimum Gasteiger partial charge on any atom is -0.407 e. The molecule has 0 spiro atoms. The maximum absolute atomic E-state index is 12.3. The summed E-state index contributed by atoms with van der Waals surface area (Å²) in [5.74, 6) is -2.72. The fourth-order valence-electron chi connectivity index (χ4n) is 2.20.